The van der Waals surface area contributed by atoms with Crippen molar-refractivity contribution in [3.8, 4) is 11.1 Å². The number of carbonyl (C=O) groups is 2. The third-order valence-corrected chi connectivity index (χ3v) is 6.41. The second kappa shape index (κ2) is 11.2. The van der Waals surface area contributed by atoms with Crippen molar-refractivity contribution < 1.29 is 14.3 Å². The van der Waals surface area contributed by atoms with Crippen molar-refractivity contribution in [2.75, 3.05) is 12.4 Å². The molecule has 2 aromatic rings. The SMILES string of the molecule is CCCCCC[C@H](NC(=O)OCC1c2ccccc2-c2ccccc21)C(=O)SCC. The molecule has 30 heavy (non-hydrogen) atoms. The second-order valence-electron chi connectivity index (χ2n) is 7.62. The highest BCUT2D eigenvalue weighted by Gasteiger charge is 2.29. The standard InChI is InChI=1S/C25H31NO3S/c1-3-5-6-7-16-23(24(27)30-4-2)26-25(28)29-17-22-20-14-10-8-12-18(20)19-13-9-11-15-21(19)22/h8-15,22-23H,3-7,16-17H2,1-2H3,(H,26,28)/t23-/m0/s1. The molecule has 1 aliphatic carbocycles. The maximum Gasteiger partial charge on any atom is 0.407 e. The molecule has 0 saturated carbocycles. The third kappa shape index (κ3) is 5.45. The number of rotatable bonds is 10. The quantitative estimate of drug-likeness (QED) is 0.464. The van der Waals surface area contributed by atoms with Gasteiger partial charge in [0.05, 0.1) is 0 Å². The normalized spacial score (nSPS) is 13.4. The Labute approximate surface area is 183 Å². The van der Waals surface area contributed by atoms with Gasteiger partial charge >= 0.3 is 6.09 Å². The molecule has 0 aromatic heterocycles. The van der Waals surface area contributed by atoms with Crippen LogP contribution in [0, 0.1) is 0 Å². The second-order valence-corrected chi connectivity index (χ2v) is 8.89. The molecule has 0 fully saturated rings. The number of carbonyl (C=O) groups excluding carboxylic acids is 2. The lowest BCUT2D eigenvalue weighted by Crippen LogP contribution is -2.40. The predicted octanol–water partition coefficient (Wildman–Crippen LogP) is 6.14. The van der Waals surface area contributed by atoms with Crippen molar-refractivity contribution in [1.29, 1.82) is 0 Å². The van der Waals surface area contributed by atoms with Gasteiger partial charge < -0.3 is 10.1 Å². The number of hydrogen-bond acceptors (Lipinski definition) is 4. The highest BCUT2D eigenvalue weighted by Crippen LogP contribution is 2.44. The summed E-state index contributed by atoms with van der Waals surface area (Å²) in [4.78, 5) is 25.0. The lowest BCUT2D eigenvalue weighted by atomic mass is 9.98. The fraction of sp³-hybridized carbons (Fsp3) is 0.440. The summed E-state index contributed by atoms with van der Waals surface area (Å²) in [6.45, 7) is 4.37. The maximum absolute atomic E-state index is 12.5. The minimum absolute atomic E-state index is 0.0162. The van der Waals surface area contributed by atoms with Crippen LogP contribution in [0.15, 0.2) is 48.5 Å². The molecule has 0 aliphatic heterocycles. The first-order valence-electron chi connectivity index (χ1n) is 10.9. The summed E-state index contributed by atoms with van der Waals surface area (Å²) >= 11 is 1.26. The van der Waals surface area contributed by atoms with E-state index in [9.17, 15) is 9.59 Å². The molecule has 0 bridgehead atoms. The third-order valence-electron chi connectivity index (χ3n) is 5.55. The van der Waals surface area contributed by atoms with Crippen LogP contribution in [-0.4, -0.2) is 29.6 Å². The van der Waals surface area contributed by atoms with Crippen molar-refractivity contribution >= 4 is 23.0 Å². The molecule has 1 aliphatic rings. The molecule has 0 spiro atoms. The first kappa shape index (κ1) is 22.4. The van der Waals surface area contributed by atoms with Gasteiger partial charge in [0, 0.05) is 5.92 Å². The Morgan fingerprint density at radius 3 is 2.20 bits per heavy atom. The number of fused-ring (bicyclic) bond motifs is 3. The van der Waals surface area contributed by atoms with Crippen molar-refractivity contribution in [1.82, 2.24) is 5.32 Å². The van der Waals surface area contributed by atoms with Gasteiger partial charge in [0.2, 0.25) is 5.12 Å². The van der Waals surface area contributed by atoms with Crippen LogP contribution < -0.4 is 5.32 Å². The monoisotopic (exact) mass is 425 g/mol. The Morgan fingerprint density at radius 1 is 0.967 bits per heavy atom. The van der Waals surface area contributed by atoms with Gasteiger partial charge in [-0.15, -0.1) is 0 Å². The van der Waals surface area contributed by atoms with E-state index in [0.29, 0.717) is 12.2 Å². The molecule has 1 atom stereocenters. The smallest absolute Gasteiger partial charge is 0.407 e. The summed E-state index contributed by atoms with van der Waals surface area (Å²) in [6, 6.07) is 16.0. The Bertz CT molecular complexity index is 821. The maximum atomic E-state index is 12.5. The van der Waals surface area contributed by atoms with Gasteiger partial charge in [0.25, 0.3) is 0 Å². The molecule has 4 nitrogen and oxygen atoms in total. The number of ether oxygens (including phenoxy) is 1. The van der Waals surface area contributed by atoms with Crippen LogP contribution in [0.2, 0.25) is 0 Å². The first-order chi connectivity index (χ1) is 14.7. The molecule has 0 unspecified atom stereocenters. The number of nitrogens with one attached hydrogen (secondary N) is 1. The fourth-order valence-corrected chi connectivity index (χ4v) is 4.71. The van der Waals surface area contributed by atoms with E-state index >= 15 is 0 Å². The van der Waals surface area contributed by atoms with E-state index in [4.69, 9.17) is 4.74 Å². The molecule has 0 heterocycles. The number of unbranched alkanes of at least 4 members (excludes halogenated alkanes) is 3. The Hall–Kier alpha value is -2.27. The molecule has 0 saturated heterocycles. The van der Waals surface area contributed by atoms with Gasteiger partial charge in [-0.2, -0.15) is 0 Å². The van der Waals surface area contributed by atoms with E-state index < -0.39 is 12.1 Å². The van der Waals surface area contributed by atoms with E-state index in [0.717, 1.165) is 25.7 Å². The Balaban J connectivity index is 1.62. The van der Waals surface area contributed by atoms with Crippen LogP contribution in [0.5, 0.6) is 0 Å². The lowest BCUT2D eigenvalue weighted by molar-refractivity contribution is -0.112. The topological polar surface area (TPSA) is 55.4 Å². The van der Waals surface area contributed by atoms with Crippen LogP contribution in [0.3, 0.4) is 0 Å². The van der Waals surface area contributed by atoms with E-state index in [1.807, 2.05) is 31.2 Å². The van der Waals surface area contributed by atoms with Crippen LogP contribution in [-0.2, 0) is 9.53 Å². The van der Waals surface area contributed by atoms with E-state index in [1.165, 1.54) is 34.0 Å². The largest absolute Gasteiger partial charge is 0.449 e. The molecule has 2 aromatic carbocycles. The molecule has 1 amide bonds. The molecule has 5 heteroatoms. The number of alkyl carbamates (subject to hydrolysis) is 1. The summed E-state index contributed by atoms with van der Waals surface area (Å²) in [5.41, 5.74) is 4.76. The zero-order valence-electron chi connectivity index (χ0n) is 17.9. The minimum Gasteiger partial charge on any atom is -0.449 e. The van der Waals surface area contributed by atoms with Gasteiger partial charge in [-0.1, -0.05) is 99.8 Å². The predicted molar refractivity (Wildman–Crippen MR) is 124 cm³/mol. The highest BCUT2D eigenvalue weighted by atomic mass is 32.2. The summed E-state index contributed by atoms with van der Waals surface area (Å²) in [5.74, 6) is 0.725. The Morgan fingerprint density at radius 2 is 1.60 bits per heavy atom. The summed E-state index contributed by atoms with van der Waals surface area (Å²) in [5, 5.41) is 2.84. The molecular formula is C25H31NO3S. The minimum atomic E-state index is -0.512. The molecular weight excluding hydrogens is 394 g/mol. The van der Waals surface area contributed by atoms with Crippen LogP contribution in [0.4, 0.5) is 4.79 Å². The van der Waals surface area contributed by atoms with Crippen molar-refractivity contribution in [2.24, 2.45) is 0 Å². The number of amides is 1. The van der Waals surface area contributed by atoms with Gasteiger partial charge in [-0.25, -0.2) is 4.79 Å². The molecule has 3 rings (SSSR count). The average Bonchev–Trinajstić information content (AvgIpc) is 3.08. The zero-order chi connectivity index (χ0) is 21.3. The first-order valence-corrected chi connectivity index (χ1v) is 11.9. The summed E-state index contributed by atoms with van der Waals surface area (Å²) in [6.07, 6.45) is 4.44. The van der Waals surface area contributed by atoms with Gasteiger partial charge in [0.1, 0.15) is 12.6 Å². The average molecular weight is 426 g/mol. The van der Waals surface area contributed by atoms with Crippen LogP contribution in [0.1, 0.15) is 63.0 Å². The van der Waals surface area contributed by atoms with Gasteiger partial charge in [-0.3, -0.25) is 4.79 Å². The zero-order valence-corrected chi connectivity index (χ0v) is 18.7. The fourth-order valence-electron chi connectivity index (χ4n) is 4.05. The number of hydrogen-bond donors (Lipinski definition) is 1. The summed E-state index contributed by atoms with van der Waals surface area (Å²) in [7, 11) is 0. The molecule has 1 N–H and O–H groups in total. The van der Waals surface area contributed by atoms with Crippen molar-refractivity contribution in [3.63, 3.8) is 0 Å². The molecule has 160 valence electrons. The number of benzene rings is 2. The van der Waals surface area contributed by atoms with Crippen molar-refractivity contribution in [3.05, 3.63) is 59.7 Å². The van der Waals surface area contributed by atoms with Crippen molar-refractivity contribution in [2.45, 2.75) is 57.9 Å². The van der Waals surface area contributed by atoms with E-state index in [1.54, 1.807) is 0 Å². The van der Waals surface area contributed by atoms with Crippen LogP contribution >= 0.6 is 11.8 Å². The number of thioether (sulfide) groups is 1. The summed E-state index contributed by atoms with van der Waals surface area (Å²) < 4.78 is 5.61. The lowest BCUT2D eigenvalue weighted by Gasteiger charge is -2.19. The van der Waals surface area contributed by atoms with Crippen LogP contribution in [0.25, 0.3) is 11.1 Å². The highest BCUT2D eigenvalue weighted by molar-refractivity contribution is 8.13. The Kier molecular flexibility index (Phi) is 8.38. The van der Waals surface area contributed by atoms with E-state index in [2.05, 4.69) is 36.5 Å². The van der Waals surface area contributed by atoms with Gasteiger partial charge in [0.15, 0.2) is 0 Å². The van der Waals surface area contributed by atoms with Gasteiger partial charge in [-0.05, 0) is 34.4 Å². The molecule has 0 radical (unpaired) electrons. The van der Waals surface area contributed by atoms with E-state index in [-0.39, 0.29) is 17.6 Å².